The van der Waals surface area contributed by atoms with Crippen molar-refractivity contribution in [3.8, 4) is 17.3 Å². The normalized spacial score (nSPS) is 11.0. The van der Waals surface area contributed by atoms with E-state index in [2.05, 4.69) is 10.2 Å². The fraction of sp³-hybridized carbons (Fsp3) is 0.0556. The first-order valence-corrected chi connectivity index (χ1v) is 7.54. The highest BCUT2D eigenvalue weighted by Gasteiger charge is 2.13. The van der Waals surface area contributed by atoms with E-state index in [4.69, 9.17) is 4.42 Å². The molecule has 130 valence electrons. The van der Waals surface area contributed by atoms with Gasteiger partial charge in [0.1, 0.15) is 5.76 Å². The number of carbonyl (C=O) groups is 1. The number of furan rings is 1. The number of non-ortho nitro benzene ring substituents is 1. The number of carbonyl (C=O) groups excluding carboxylic acids is 1. The summed E-state index contributed by atoms with van der Waals surface area (Å²) in [7, 11) is 0. The Labute approximate surface area is 147 Å². The Hall–Kier alpha value is -3.81. The predicted molar refractivity (Wildman–Crippen MR) is 92.5 cm³/mol. The molecule has 1 N–H and O–H groups in total. The lowest BCUT2D eigenvalue weighted by Gasteiger charge is -1.96. The van der Waals surface area contributed by atoms with E-state index in [9.17, 15) is 20.0 Å². The summed E-state index contributed by atoms with van der Waals surface area (Å²) >= 11 is 0. The lowest BCUT2D eigenvalue weighted by Crippen LogP contribution is -1.94. The van der Waals surface area contributed by atoms with Crippen LogP contribution in [0.25, 0.3) is 11.3 Å². The third-order valence-electron chi connectivity index (χ3n) is 3.60. The highest BCUT2D eigenvalue weighted by Crippen LogP contribution is 2.36. The molecule has 0 aliphatic carbocycles. The fourth-order valence-corrected chi connectivity index (χ4v) is 2.19. The van der Waals surface area contributed by atoms with E-state index < -0.39 is 16.8 Å². The van der Waals surface area contributed by atoms with Gasteiger partial charge in [-0.15, -0.1) is 10.2 Å². The summed E-state index contributed by atoms with van der Waals surface area (Å²) in [6, 6.07) is 13.9. The minimum absolute atomic E-state index is 0.0100. The Bertz CT molecular complexity index is 989. The second-order valence-electron chi connectivity index (χ2n) is 5.48. The third kappa shape index (κ3) is 3.64. The molecule has 2 aromatic carbocycles. The van der Waals surface area contributed by atoms with Gasteiger partial charge in [0, 0.05) is 29.3 Å². The standard InChI is InChI=1S/C18H13N3O5/c1-11-2-4-12(5-3-11)16-10-15(18(23)26-16)19-20-17(22)13-6-8-14(9-7-13)21(24)25/h2-10,23H,1H3. The van der Waals surface area contributed by atoms with Crippen molar-refractivity contribution in [2.45, 2.75) is 6.92 Å². The van der Waals surface area contributed by atoms with E-state index >= 15 is 0 Å². The maximum Gasteiger partial charge on any atom is 0.311 e. The van der Waals surface area contributed by atoms with Crippen LogP contribution in [0.2, 0.25) is 0 Å². The van der Waals surface area contributed by atoms with Crippen molar-refractivity contribution in [1.82, 2.24) is 0 Å². The van der Waals surface area contributed by atoms with Crippen LogP contribution in [0.3, 0.4) is 0 Å². The Morgan fingerprint density at radius 3 is 2.38 bits per heavy atom. The number of aromatic hydroxyl groups is 1. The van der Waals surface area contributed by atoms with Gasteiger partial charge in [-0.05, 0) is 19.1 Å². The minimum Gasteiger partial charge on any atom is -0.479 e. The Morgan fingerprint density at radius 1 is 1.12 bits per heavy atom. The van der Waals surface area contributed by atoms with Gasteiger partial charge in [-0.1, -0.05) is 29.8 Å². The fourth-order valence-electron chi connectivity index (χ4n) is 2.19. The molecule has 3 aromatic rings. The number of benzene rings is 2. The molecule has 26 heavy (non-hydrogen) atoms. The molecule has 3 rings (SSSR count). The molecule has 8 nitrogen and oxygen atoms in total. The number of hydrogen-bond donors (Lipinski definition) is 1. The molecule has 0 saturated heterocycles. The van der Waals surface area contributed by atoms with E-state index in [0.29, 0.717) is 5.76 Å². The molecule has 0 aliphatic rings. The highest BCUT2D eigenvalue weighted by molar-refractivity contribution is 5.94. The van der Waals surface area contributed by atoms with Crippen LogP contribution in [0.15, 0.2) is 69.2 Å². The van der Waals surface area contributed by atoms with Crippen molar-refractivity contribution >= 4 is 17.3 Å². The first-order valence-electron chi connectivity index (χ1n) is 7.54. The molecule has 1 amide bonds. The lowest BCUT2D eigenvalue weighted by atomic mass is 10.1. The molecular weight excluding hydrogens is 338 g/mol. The summed E-state index contributed by atoms with van der Waals surface area (Å²) < 4.78 is 5.24. The number of nitro benzene ring substituents is 1. The topological polar surface area (TPSA) is 118 Å². The zero-order chi connectivity index (χ0) is 18.7. The quantitative estimate of drug-likeness (QED) is 0.412. The average Bonchev–Trinajstić information content (AvgIpc) is 3.01. The maximum absolute atomic E-state index is 12.0. The zero-order valence-corrected chi connectivity index (χ0v) is 13.6. The van der Waals surface area contributed by atoms with Crippen LogP contribution in [0, 0.1) is 17.0 Å². The summed E-state index contributed by atoms with van der Waals surface area (Å²) in [6.07, 6.45) is 0. The summed E-state index contributed by atoms with van der Waals surface area (Å²) in [6.45, 7) is 1.95. The van der Waals surface area contributed by atoms with E-state index in [1.165, 1.54) is 30.3 Å². The van der Waals surface area contributed by atoms with Crippen molar-refractivity contribution in [3.63, 3.8) is 0 Å². The van der Waals surface area contributed by atoms with Crippen LogP contribution in [-0.2, 0) is 0 Å². The van der Waals surface area contributed by atoms with E-state index in [0.717, 1.165) is 11.1 Å². The number of aryl methyl sites for hydroxylation is 1. The molecule has 0 radical (unpaired) electrons. The van der Waals surface area contributed by atoms with Gasteiger partial charge >= 0.3 is 5.95 Å². The van der Waals surface area contributed by atoms with E-state index in [-0.39, 0.29) is 16.9 Å². The van der Waals surface area contributed by atoms with Gasteiger partial charge in [-0.3, -0.25) is 14.9 Å². The second-order valence-corrected chi connectivity index (χ2v) is 5.48. The van der Waals surface area contributed by atoms with Crippen molar-refractivity contribution in [1.29, 1.82) is 0 Å². The molecule has 1 heterocycles. The van der Waals surface area contributed by atoms with Gasteiger partial charge in [0.2, 0.25) is 0 Å². The van der Waals surface area contributed by atoms with Crippen LogP contribution >= 0.6 is 0 Å². The number of nitrogens with zero attached hydrogens (tertiary/aromatic N) is 3. The first kappa shape index (κ1) is 17.0. The molecule has 0 spiro atoms. The highest BCUT2D eigenvalue weighted by atomic mass is 16.6. The lowest BCUT2D eigenvalue weighted by molar-refractivity contribution is -0.384. The van der Waals surface area contributed by atoms with Gasteiger partial charge in [0.25, 0.3) is 11.6 Å². The molecule has 1 aromatic heterocycles. The smallest absolute Gasteiger partial charge is 0.311 e. The number of azo groups is 1. The molecule has 0 aliphatic heterocycles. The van der Waals surface area contributed by atoms with Gasteiger partial charge in [-0.2, -0.15) is 0 Å². The Kier molecular flexibility index (Phi) is 4.57. The van der Waals surface area contributed by atoms with Crippen LogP contribution in [0.1, 0.15) is 15.9 Å². The Morgan fingerprint density at radius 2 is 1.77 bits per heavy atom. The van der Waals surface area contributed by atoms with Gasteiger partial charge in [0.05, 0.1) is 4.92 Å². The molecule has 0 unspecified atom stereocenters. The van der Waals surface area contributed by atoms with Gasteiger partial charge in [0.15, 0.2) is 5.69 Å². The van der Waals surface area contributed by atoms with Gasteiger partial charge in [-0.25, -0.2) is 0 Å². The second kappa shape index (κ2) is 6.98. The summed E-state index contributed by atoms with van der Waals surface area (Å²) in [5, 5.41) is 27.6. The predicted octanol–water partition coefficient (Wildman–Crippen LogP) is 4.79. The number of rotatable bonds is 4. The molecule has 0 fully saturated rings. The first-order chi connectivity index (χ1) is 12.4. The van der Waals surface area contributed by atoms with Crippen LogP contribution in [-0.4, -0.2) is 15.9 Å². The number of nitro groups is 1. The number of hydrogen-bond acceptors (Lipinski definition) is 6. The number of amides is 1. The molecule has 0 bridgehead atoms. The van der Waals surface area contributed by atoms with E-state index in [1.54, 1.807) is 0 Å². The summed E-state index contributed by atoms with van der Waals surface area (Å²) in [5.41, 5.74) is 1.85. The van der Waals surface area contributed by atoms with Crippen LogP contribution in [0.5, 0.6) is 5.95 Å². The summed E-state index contributed by atoms with van der Waals surface area (Å²) in [4.78, 5) is 22.0. The largest absolute Gasteiger partial charge is 0.479 e. The van der Waals surface area contributed by atoms with E-state index in [1.807, 2.05) is 31.2 Å². The zero-order valence-electron chi connectivity index (χ0n) is 13.6. The minimum atomic E-state index is -0.697. The van der Waals surface area contributed by atoms with Gasteiger partial charge < -0.3 is 9.52 Å². The molecule has 0 saturated carbocycles. The van der Waals surface area contributed by atoms with Crippen LogP contribution in [0.4, 0.5) is 11.4 Å². The van der Waals surface area contributed by atoms with Crippen molar-refractivity contribution < 1.29 is 19.2 Å². The SMILES string of the molecule is Cc1ccc(-c2cc(N=NC(=O)c3ccc([N+](=O)[O-])cc3)c(O)o2)cc1. The molecule has 8 heteroatoms. The molecule has 0 atom stereocenters. The van der Waals surface area contributed by atoms with Crippen molar-refractivity contribution in [2.24, 2.45) is 10.2 Å². The van der Waals surface area contributed by atoms with Crippen molar-refractivity contribution in [3.05, 3.63) is 75.8 Å². The average molecular weight is 351 g/mol. The monoisotopic (exact) mass is 351 g/mol. The van der Waals surface area contributed by atoms with Crippen molar-refractivity contribution in [2.75, 3.05) is 0 Å². The van der Waals surface area contributed by atoms with Crippen LogP contribution < -0.4 is 0 Å². The maximum atomic E-state index is 12.0. The molecular formula is C18H13N3O5. The third-order valence-corrected chi connectivity index (χ3v) is 3.60. The summed E-state index contributed by atoms with van der Waals surface area (Å²) in [5.74, 6) is -0.766. The Balaban J connectivity index is 1.78.